The second kappa shape index (κ2) is 6.41. The van der Waals surface area contributed by atoms with E-state index in [0.29, 0.717) is 0 Å². The number of rotatable bonds is 5. The molecular weight excluding hydrogens is 262 g/mol. The average molecular weight is 284 g/mol. The molecule has 1 nitrogen and oxygen atoms in total. The minimum atomic E-state index is 0.193. The van der Waals surface area contributed by atoms with Gasteiger partial charge in [0.2, 0.25) is 0 Å². The maximum Gasteiger partial charge on any atom is 0.0297 e. The summed E-state index contributed by atoms with van der Waals surface area (Å²) < 4.78 is 1.18. The predicted molar refractivity (Wildman–Crippen MR) is 74.7 cm³/mol. The van der Waals surface area contributed by atoms with Gasteiger partial charge in [-0.1, -0.05) is 48.2 Å². The molecule has 0 aromatic heterocycles. The molecule has 1 atom stereocenters. The Morgan fingerprint density at radius 3 is 2.50 bits per heavy atom. The van der Waals surface area contributed by atoms with E-state index >= 15 is 0 Å². The molecule has 0 aliphatic heterocycles. The van der Waals surface area contributed by atoms with Crippen LogP contribution in [0.1, 0.15) is 55.3 Å². The van der Waals surface area contributed by atoms with Crippen molar-refractivity contribution in [2.24, 2.45) is 5.73 Å². The molecule has 0 amide bonds. The summed E-state index contributed by atoms with van der Waals surface area (Å²) in [5.74, 6) is 0. The van der Waals surface area contributed by atoms with Gasteiger partial charge in [0.05, 0.1) is 0 Å². The first kappa shape index (κ1) is 13.7. The molecule has 0 spiro atoms. The second-order valence-corrected chi connectivity index (χ2v) is 5.41. The molecule has 0 saturated heterocycles. The van der Waals surface area contributed by atoms with Gasteiger partial charge in [-0.15, -0.1) is 0 Å². The number of halogens is 1. The number of aryl methyl sites for hydroxylation is 2. The molecule has 1 aromatic carbocycles. The van der Waals surface area contributed by atoms with E-state index in [0.717, 1.165) is 6.42 Å². The van der Waals surface area contributed by atoms with Crippen molar-refractivity contribution >= 4 is 15.9 Å². The zero-order valence-electron chi connectivity index (χ0n) is 10.5. The minimum absolute atomic E-state index is 0.193. The third-order valence-corrected chi connectivity index (χ3v) is 3.92. The smallest absolute Gasteiger partial charge is 0.0297 e. The van der Waals surface area contributed by atoms with Gasteiger partial charge in [0, 0.05) is 10.5 Å². The van der Waals surface area contributed by atoms with E-state index in [-0.39, 0.29) is 6.04 Å². The molecule has 2 N–H and O–H groups in total. The normalized spacial score (nSPS) is 12.8. The first-order chi connectivity index (χ1) is 7.56. The monoisotopic (exact) mass is 283 g/mol. The Kier molecular flexibility index (Phi) is 5.50. The topological polar surface area (TPSA) is 26.0 Å². The van der Waals surface area contributed by atoms with Crippen molar-refractivity contribution < 1.29 is 0 Å². The summed E-state index contributed by atoms with van der Waals surface area (Å²) in [6.45, 7) is 6.48. The molecular formula is C14H22BrN. The van der Waals surface area contributed by atoms with Crippen LogP contribution in [-0.2, 0) is 0 Å². The maximum atomic E-state index is 6.24. The lowest BCUT2D eigenvalue weighted by molar-refractivity contribution is 0.579. The van der Waals surface area contributed by atoms with E-state index in [1.807, 2.05) is 0 Å². The fourth-order valence-electron chi connectivity index (χ4n) is 1.97. The lowest BCUT2D eigenvalue weighted by Gasteiger charge is -2.16. The maximum absolute atomic E-state index is 6.24. The van der Waals surface area contributed by atoms with E-state index < -0.39 is 0 Å². The Morgan fingerprint density at radius 2 is 1.88 bits per heavy atom. The minimum Gasteiger partial charge on any atom is -0.324 e. The zero-order chi connectivity index (χ0) is 12.1. The van der Waals surface area contributed by atoms with Crippen LogP contribution in [0.2, 0.25) is 0 Å². The molecule has 2 heteroatoms. The fraction of sp³-hybridized carbons (Fsp3) is 0.571. The van der Waals surface area contributed by atoms with Crippen LogP contribution < -0.4 is 5.73 Å². The first-order valence-electron chi connectivity index (χ1n) is 6.08. The zero-order valence-corrected chi connectivity index (χ0v) is 12.1. The molecule has 0 aliphatic carbocycles. The van der Waals surface area contributed by atoms with Crippen molar-refractivity contribution in [2.75, 3.05) is 0 Å². The van der Waals surface area contributed by atoms with Crippen molar-refractivity contribution in [3.8, 4) is 0 Å². The van der Waals surface area contributed by atoms with Gasteiger partial charge in [-0.3, -0.25) is 0 Å². The highest BCUT2D eigenvalue weighted by molar-refractivity contribution is 9.10. The van der Waals surface area contributed by atoms with Crippen LogP contribution in [0.25, 0.3) is 0 Å². The highest BCUT2D eigenvalue weighted by Gasteiger charge is 2.10. The molecule has 0 bridgehead atoms. The summed E-state index contributed by atoms with van der Waals surface area (Å²) in [4.78, 5) is 0. The summed E-state index contributed by atoms with van der Waals surface area (Å²) in [5.41, 5.74) is 10.1. The molecule has 1 unspecified atom stereocenters. The fourth-order valence-corrected chi connectivity index (χ4v) is 2.43. The summed E-state index contributed by atoms with van der Waals surface area (Å²) in [6.07, 6.45) is 4.86. The number of benzene rings is 1. The van der Waals surface area contributed by atoms with Crippen molar-refractivity contribution in [3.05, 3.63) is 33.3 Å². The van der Waals surface area contributed by atoms with E-state index in [1.54, 1.807) is 0 Å². The molecule has 0 heterocycles. The standard InChI is InChI=1S/C14H22BrN/c1-4-5-6-7-14(16)12-8-11(3)13(15)9-10(12)2/h8-9,14H,4-7,16H2,1-3H3. The van der Waals surface area contributed by atoms with Crippen LogP contribution in [-0.4, -0.2) is 0 Å². The SMILES string of the molecule is CCCCCC(N)c1cc(C)c(Br)cc1C. The molecule has 0 aliphatic rings. The molecule has 1 rings (SSSR count). The van der Waals surface area contributed by atoms with Crippen LogP contribution in [0.5, 0.6) is 0 Å². The number of nitrogens with two attached hydrogens (primary N) is 1. The van der Waals surface area contributed by atoms with Crippen molar-refractivity contribution in [1.82, 2.24) is 0 Å². The van der Waals surface area contributed by atoms with Gasteiger partial charge in [0.15, 0.2) is 0 Å². The van der Waals surface area contributed by atoms with Crippen molar-refractivity contribution in [2.45, 2.75) is 52.5 Å². The van der Waals surface area contributed by atoms with E-state index in [1.165, 1.54) is 40.4 Å². The Morgan fingerprint density at radius 1 is 1.19 bits per heavy atom. The number of unbranched alkanes of at least 4 members (excludes halogenated alkanes) is 2. The number of hydrogen-bond donors (Lipinski definition) is 1. The molecule has 0 radical (unpaired) electrons. The van der Waals surface area contributed by atoms with Gasteiger partial charge < -0.3 is 5.73 Å². The van der Waals surface area contributed by atoms with Gasteiger partial charge in [0.1, 0.15) is 0 Å². The van der Waals surface area contributed by atoms with Crippen LogP contribution in [0.3, 0.4) is 0 Å². The van der Waals surface area contributed by atoms with Crippen LogP contribution in [0, 0.1) is 13.8 Å². The molecule has 0 fully saturated rings. The number of hydrogen-bond acceptors (Lipinski definition) is 1. The van der Waals surface area contributed by atoms with Crippen molar-refractivity contribution in [3.63, 3.8) is 0 Å². The van der Waals surface area contributed by atoms with Crippen LogP contribution in [0.15, 0.2) is 16.6 Å². The van der Waals surface area contributed by atoms with Crippen molar-refractivity contribution in [1.29, 1.82) is 0 Å². The third kappa shape index (κ3) is 3.60. The molecule has 0 saturated carbocycles. The molecule has 16 heavy (non-hydrogen) atoms. The first-order valence-corrected chi connectivity index (χ1v) is 6.87. The Balaban J connectivity index is 2.75. The summed E-state index contributed by atoms with van der Waals surface area (Å²) in [6, 6.07) is 4.58. The Hall–Kier alpha value is -0.340. The average Bonchev–Trinajstić information content (AvgIpc) is 2.23. The van der Waals surface area contributed by atoms with E-state index in [9.17, 15) is 0 Å². The highest BCUT2D eigenvalue weighted by Crippen LogP contribution is 2.26. The van der Waals surface area contributed by atoms with E-state index in [2.05, 4.69) is 48.8 Å². The summed E-state index contributed by atoms with van der Waals surface area (Å²) in [7, 11) is 0. The summed E-state index contributed by atoms with van der Waals surface area (Å²) >= 11 is 3.55. The molecule has 90 valence electrons. The largest absolute Gasteiger partial charge is 0.324 e. The second-order valence-electron chi connectivity index (χ2n) is 4.56. The third-order valence-electron chi connectivity index (χ3n) is 3.07. The van der Waals surface area contributed by atoms with Crippen LogP contribution >= 0.6 is 15.9 Å². The van der Waals surface area contributed by atoms with Gasteiger partial charge in [-0.05, 0) is 43.0 Å². The van der Waals surface area contributed by atoms with Crippen LogP contribution in [0.4, 0.5) is 0 Å². The Labute approximate surface area is 108 Å². The van der Waals surface area contributed by atoms with E-state index in [4.69, 9.17) is 5.73 Å². The van der Waals surface area contributed by atoms with Gasteiger partial charge in [-0.25, -0.2) is 0 Å². The molecule has 1 aromatic rings. The van der Waals surface area contributed by atoms with Gasteiger partial charge in [0.25, 0.3) is 0 Å². The lowest BCUT2D eigenvalue weighted by atomic mass is 9.96. The quantitative estimate of drug-likeness (QED) is 0.783. The lowest BCUT2D eigenvalue weighted by Crippen LogP contribution is -2.12. The summed E-state index contributed by atoms with van der Waals surface area (Å²) in [5, 5.41) is 0. The Bertz CT molecular complexity index is 347. The van der Waals surface area contributed by atoms with Gasteiger partial charge >= 0.3 is 0 Å². The highest BCUT2D eigenvalue weighted by atomic mass is 79.9. The predicted octanol–water partition coefficient (Wildman–Crippen LogP) is 4.65. The van der Waals surface area contributed by atoms with Gasteiger partial charge in [-0.2, -0.15) is 0 Å².